The fourth-order valence-electron chi connectivity index (χ4n) is 6.05. The van der Waals surface area contributed by atoms with E-state index in [0.717, 1.165) is 44.4 Å². The van der Waals surface area contributed by atoms with Crippen molar-refractivity contribution in [2.24, 2.45) is 0 Å². The summed E-state index contributed by atoms with van der Waals surface area (Å²) in [5.74, 6) is -0.536. The lowest BCUT2D eigenvalue weighted by atomic mass is 9.98. The Balaban J connectivity index is 1.17. The van der Waals surface area contributed by atoms with Gasteiger partial charge in [-0.3, -0.25) is 14.8 Å². The van der Waals surface area contributed by atoms with Crippen LogP contribution in [0.2, 0.25) is 0 Å². The van der Waals surface area contributed by atoms with Crippen molar-refractivity contribution < 1.29 is 29.4 Å². The molecule has 5 aromatic rings. The van der Waals surface area contributed by atoms with Crippen LogP contribution in [0, 0.1) is 0 Å². The second-order valence-electron chi connectivity index (χ2n) is 12.1. The maximum Gasteiger partial charge on any atom is 0.243 e. The van der Waals surface area contributed by atoms with Gasteiger partial charge in [-0.25, -0.2) is 10.5 Å². The molecule has 0 saturated carbocycles. The lowest BCUT2D eigenvalue weighted by molar-refractivity contribution is -0.252. The number of benzene rings is 4. The third-order valence-electron chi connectivity index (χ3n) is 8.63. The summed E-state index contributed by atoms with van der Waals surface area (Å²) in [4.78, 5) is 28.1. The van der Waals surface area contributed by atoms with Crippen LogP contribution in [-0.4, -0.2) is 37.8 Å². The number of aliphatic hydroxyl groups is 1. The fourth-order valence-corrected chi connectivity index (χ4v) is 6.05. The second-order valence-corrected chi connectivity index (χ2v) is 12.1. The molecular formula is C38H40N4O6. The van der Waals surface area contributed by atoms with Crippen LogP contribution in [0.25, 0.3) is 22.2 Å². The van der Waals surface area contributed by atoms with Crippen LogP contribution in [0.15, 0.2) is 103 Å². The zero-order valence-corrected chi connectivity index (χ0v) is 26.6. The first-order valence-electron chi connectivity index (χ1n) is 16.3. The molecule has 6 rings (SSSR count). The third-order valence-corrected chi connectivity index (χ3v) is 8.63. The normalized spacial score (nSPS) is 17.7. The van der Waals surface area contributed by atoms with Gasteiger partial charge < -0.3 is 24.5 Å². The SMILES string of the molecule is O=C(CCCCC(=O)NCc1cccc(-c2cccc([C@H]3O[C@@H](Cn4cnc5ccccc54)C[C@@H](c4ccc(CO)cc4)O3)c2)c1)NO. The highest BCUT2D eigenvalue weighted by Gasteiger charge is 2.33. The van der Waals surface area contributed by atoms with Crippen LogP contribution in [0.4, 0.5) is 0 Å². The van der Waals surface area contributed by atoms with E-state index < -0.39 is 12.2 Å². The molecule has 0 aliphatic carbocycles. The number of fused-ring (bicyclic) bond motifs is 1. The van der Waals surface area contributed by atoms with Crippen molar-refractivity contribution in [2.75, 3.05) is 0 Å². The van der Waals surface area contributed by atoms with Gasteiger partial charge in [-0.2, -0.15) is 0 Å². The number of nitrogens with one attached hydrogen (secondary N) is 2. The molecule has 4 aromatic carbocycles. The first kappa shape index (κ1) is 33.0. The number of aromatic nitrogens is 2. The lowest BCUT2D eigenvalue weighted by Gasteiger charge is -2.36. The number of carbonyl (C=O) groups excluding carboxylic acids is 2. The van der Waals surface area contributed by atoms with Gasteiger partial charge in [-0.15, -0.1) is 0 Å². The summed E-state index contributed by atoms with van der Waals surface area (Å²) in [7, 11) is 0. The van der Waals surface area contributed by atoms with Gasteiger partial charge in [0.15, 0.2) is 6.29 Å². The zero-order chi connectivity index (χ0) is 33.3. The van der Waals surface area contributed by atoms with Crippen LogP contribution in [-0.2, 0) is 38.8 Å². The molecule has 48 heavy (non-hydrogen) atoms. The first-order chi connectivity index (χ1) is 23.5. The molecule has 0 bridgehead atoms. The Morgan fingerprint density at radius 3 is 2.35 bits per heavy atom. The smallest absolute Gasteiger partial charge is 0.243 e. The molecule has 10 heteroatoms. The number of amides is 2. The highest BCUT2D eigenvalue weighted by Crippen LogP contribution is 2.39. The van der Waals surface area contributed by atoms with E-state index in [1.807, 2.05) is 85.2 Å². The number of imidazole rings is 1. The topological polar surface area (TPSA) is 135 Å². The summed E-state index contributed by atoms with van der Waals surface area (Å²) in [6.07, 6.45) is 3.14. The quantitative estimate of drug-likeness (QED) is 0.0686. The average molecular weight is 649 g/mol. The Hall–Kier alpha value is -4.87. The Morgan fingerprint density at radius 2 is 1.56 bits per heavy atom. The van der Waals surface area contributed by atoms with Crippen LogP contribution in [0.3, 0.4) is 0 Å². The van der Waals surface area contributed by atoms with E-state index in [1.54, 1.807) is 5.48 Å². The Morgan fingerprint density at radius 1 is 0.812 bits per heavy atom. The molecule has 248 valence electrons. The van der Waals surface area contributed by atoms with E-state index in [0.29, 0.717) is 38.8 Å². The number of nitrogens with zero attached hydrogens (tertiary/aromatic N) is 2. The molecule has 2 amide bonds. The Labute approximate surface area is 279 Å². The van der Waals surface area contributed by atoms with Crippen molar-refractivity contribution in [2.45, 2.75) is 70.3 Å². The predicted octanol–water partition coefficient (Wildman–Crippen LogP) is 6.12. The summed E-state index contributed by atoms with van der Waals surface area (Å²) < 4.78 is 15.4. The monoisotopic (exact) mass is 648 g/mol. The second kappa shape index (κ2) is 15.8. The molecule has 0 unspecified atom stereocenters. The summed E-state index contributed by atoms with van der Waals surface area (Å²) in [6.45, 7) is 0.998. The molecular weight excluding hydrogens is 608 g/mol. The molecule has 10 nitrogen and oxygen atoms in total. The number of hydrogen-bond donors (Lipinski definition) is 4. The number of aliphatic hydroxyl groups excluding tert-OH is 1. The molecule has 1 fully saturated rings. The molecule has 0 radical (unpaired) electrons. The number of para-hydroxylation sites is 2. The van der Waals surface area contributed by atoms with Crippen LogP contribution in [0.1, 0.15) is 66.8 Å². The third kappa shape index (κ3) is 8.34. The lowest BCUT2D eigenvalue weighted by Crippen LogP contribution is -2.32. The maximum absolute atomic E-state index is 12.4. The standard InChI is InChI=1S/C38H40N4O6/c43-24-26-15-17-28(18-16-26)35-21-32(23-42-25-40-33-11-1-2-12-34(33)42)47-38(48-35)31-10-6-9-30(20-31)29-8-5-7-27(19-29)22-39-36(44)13-3-4-14-37(45)41-46/h1-2,5-12,15-20,25,32,35,38,43,46H,3-4,13-14,21-24H2,(H,39,44)(H,41,45)/t32-,35+,38+/m1/s1. The predicted molar refractivity (Wildman–Crippen MR) is 180 cm³/mol. The minimum atomic E-state index is -0.605. The fraction of sp³-hybridized carbons (Fsp3) is 0.289. The van der Waals surface area contributed by atoms with E-state index in [9.17, 15) is 14.7 Å². The van der Waals surface area contributed by atoms with Gasteiger partial charge in [-0.05, 0) is 64.9 Å². The Bertz CT molecular complexity index is 1840. The highest BCUT2D eigenvalue weighted by atomic mass is 16.7. The molecule has 0 spiro atoms. The zero-order valence-electron chi connectivity index (χ0n) is 26.6. The molecule has 1 aromatic heterocycles. The largest absolute Gasteiger partial charge is 0.392 e. The number of hydrogen-bond acceptors (Lipinski definition) is 7. The van der Waals surface area contributed by atoms with E-state index in [2.05, 4.69) is 33.1 Å². The molecule has 1 saturated heterocycles. The van der Waals surface area contributed by atoms with E-state index in [-0.39, 0.29) is 31.1 Å². The van der Waals surface area contributed by atoms with Crippen LogP contribution >= 0.6 is 0 Å². The van der Waals surface area contributed by atoms with Crippen LogP contribution < -0.4 is 10.8 Å². The van der Waals surface area contributed by atoms with Gasteiger partial charge in [0.05, 0.1) is 42.7 Å². The van der Waals surface area contributed by atoms with Crippen molar-refractivity contribution >= 4 is 22.8 Å². The first-order valence-corrected chi connectivity index (χ1v) is 16.3. The van der Waals surface area contributed by atoms with E-state index in [1.165, 1.54) is 0 Å². The van der Waals surface area contributed by atoms with Crippen molar-refractivity contribution in [1.29, 1.82) is 0 Å². The minimum absolute atomic E-state index is 0.0123. The molecule has 2 heterocycles. The molecule has 1 aliphatic heterocycles. The van der Waals surface area contributed by atoms with E-state index in [4.69, 9.17) is 14.7 Å². The highest BCUT2D eigenvalue weighted by molar-refractivity contribution is 5.77. The summed E-state index contributed by atoms with van der Waals surface area (Å²) in [6, 6.07) is 32.2. The number of rotatable bonds is 13. The van der Waals surface area contributed by atoms with Gasteiger partial charge in [0.2, 0.25) is 11.8 Å². The molecule has 4 N–H and O–H groups in total. The van der Waals surface area contributed by atoms with Crippen molar-refractivity contribution in [3.05, 3.63) is 126 Å². The molecule has 3 atom stereocenters. The average Bonchev–Trinajstić information content (AvgIpc) is 3.55. The van der Waals surface area contributed by atoms with Gasteiger partial charge in [0, 0.05) is 31.4 Å². The summed E-state index contributed by atoms with van der Waals surface area (Å²) >= 11 is 0. The maximum atomic E-state index is 12.4. The van der Waals surface area contributed by atoms with Gasteiger partial charge in [0.1, 0.15) is 0 Å². The number of unbranched alkanes of at least 4 members (excludes halogenated alkanes) is 1. The minimum Gasteiger partial charge on any atom is -0.392 e. The van der Waals surface area contributed by atoms with Gasteiger partial charge in [0.25, 0.3) is 0 Å². The number of hydroxylamine groups is 1. The number of carbonyl (C=O) groups is 2. The van der Waals surface area contributed by atoms with Crippen molar-refractivity contribution in [1.82, 2.24) is 20.3 Å². The van der Waals surface area contributed by atoms with Crippen molar-refractivity contribution in [3.63, 3.8) is 0 Å². The van der Waals surface area contributed by atoms with Crippen molar-refractivity contribution in [3.8, 4) is 11.1 Å². The molecule has 1 aliphatic rings. The van der Waals surface area contributed by atoms with Gasteiger partial charge in [-0.1, -0.05) is 72.8 Å². The summed E-state index contributed by atoms with van der Waals surface area (Å²) in [5.41, 5.74) is 9.36. The Kier molecular flexibility index (Phi) is 10.9. The number of ether oxygens (including phenoxy) is 2. The van der Waals surface area contributed by atoms with Crippen LogP contribution in [0.5, 0.6) is 0 Å². The van der Waals surface area contributed by atoms with E-state index >= 15 is 0 Å². The van der Waals surface area contributed by atoms with Gasteiger partial charge >= 0.3 is 0 Å². The summed E-state index contributed by atoms with van der Waals surface area (Å²) in [5, 5.41) is 21.1.